The molecule has 0 saturated carbocycles. The fourth-order valence-corrected chi connectivity index (χ4v) is 1.65. The molecule has 19 heavy (non-hydrogen) atoms. The van der Waals surface area contributed by atoms with E-state index in [2.05, 4.69) is 26.6 Å². The molecular weight excluding hydrogens is 316 g/mol. The number of nitrogens with one attached hydrogen (secondary N) is 2. The lowest BCUT2D eigenvalue weighted by Gasteiger charge is -2.10. The molecule has 102 valence electrons. The van der Waals surface area contributed by atoms with Crippen molar-refractivity contribution >= 4 is 33.7 Å². The van der Waals surface area contributed by atoms with E-state index in [-0.39, 0.29) is 6.54 Å². The monoisotopic (exact) mass is 328 g/mol. The zero-order chi connectivity index (χ0) is 14.4. The van der Waals surface area contributed by atoms with Crippen molar-refractivity contribution in [3.8, 4) is 0 Å². The average molecular weight is 329 g/mol. The van der Waals surface area contributed by atoms with E-state index in [1.54, 1.807) is 24.3 Å². The van der Waals surface area contributed by atoms with Gasteiger partial charge in [0, 0.05) is 10.0 Å². The molecule has 6 nitrogen and oxygen atoms in total. The molecule has 2 amide bonds. The number of carbonyl (C=O) groups excluding carboxylic acids is 2. The van der Waals surface area contributed by atoms with Crippen LogP contribution in [0, 0.1) is 0 Å². The van der Waals surface area contributed by atoms with Crippen LogP contribution in [0.5, 0.6) is 0 Å². The first-order chi connectivity index (χ1) is 8.90. The molecule has 7 heteroatoms. The van der Waals surface area contributed by atoms with Crippen molar-refractivity contribution in [1.82, 2.24) is 10.6 Å². The van der Waals surface area contributed by atoms with Crippen LogP contribution < -0.4 is 10.6 Å². The molecule has 1 atom stereocenters. The summed E-state index contributed by atoms with van der Waals surface area (Å²) in [5, 5.41) is 13.3. The van der Waals surface area contributed by atoms with Crippen LogP contribution in [-0.2, 0) is 9.59 Å². The Kier molecular flexibility index (Phi) is 5.50. The van der Waals surface area contributed by atoms with E-state index in [9.17, 15) is 14.4 Å². The Labute approximate surface area is 118 Å². The molecule has 1 aromatic carbocycles. The second kappa shape index (κ2) is 6.89. The van der Waals surface area contributed by atoms with E-state index in [4.69, 9.17) is 5.11 Å². The number of hydrogen-bond acceptors (Lipinski definition) is 3. The fraction of sp³-hybridized carbons (Fsp3) is 0.250. The van der Waals surface area contributed by atoms with Gasteiger partial charge in [-0.2, -0.15) is 0 Å². The second-order valence-corrected chi connectivity index (χ2v) is 4.74. The summed E-state index contributed by atoms with van der Waals surface area (Å²) in [6.45, 7) is 1.07. The molecular formula is C12H13BrN2O4. The molecule has 1 aromatic rings. The lowest BCUT2D eigenvalue weighted by Crippen LogP contribution is -2.44. The summed E-state index contributed by atoms with van der Waals surface area (Å²) in [6.07, 6.45) is 0. The molecule has 3 N–H and O–H groups in total. The van der Waals surface area contributed by atoms with Crippen LogP contribution in [0.1, 0.15) is 17.3 Å². The molecule has 0 saturated heterocycles. The molecule has 0 bridgehead atoms. The quantitative estimate of drug-likeness (QED) is 0.743. The van der Waals surface area contributed by atoms with E-state index in [0.29, 0.717) is 5.56 Å². The van der Waals surface area contributed by atoms with Gasteiger partial charge < -0.3 is 15.7 Å². The smallest absolute Gasteiger partial charge is 0.325 e. The highest BCUT2D eigenvalue weighted by Gasteiger charge is 2.14. The van der Waals surface area contributed by atoms with E-state index in [1.807, 2.05) is 0 Å². The first kappa shape index (κ1) is 15.2. The van der Waals surface area contributed by atoms with Gasteiger partial charge in [0.05, 0.1) is 6.54 Å². The van der Waals surface area contributed by atoms with Gasteiger partial charge in [-0.15, -0.1) is 0 Å². The molecule has 0 aliphatic heterocycles. The highest BCUT2D eigenvalue weighted by atomic mass is 79.9. The van der Waals surface area contributed by atoms with Gasteiger partial charge in [-0.1, -0.05) is 22.0 Å². The van der Waals surface area contributed by atoms with Gasteiger partial charge in [-0.3, -0.25) is 14.4 Å². The topological polar surface area (TPSA) is 95.5 Å². The maximum atomic E-state index is 11.7. The van der Waals surface area contributed by atoms with E-state index in [1.165, 1.54) is 6.92 Å². The van der Waals surface area contributed by atoms with Crippen LogP contribution in [0.4, 0.5) is 0 Å². The van der Waals surface area contributed by atoms with Gasteiger partial charge in [0.25, 0.3) is 5.91 Å². The Morgan fingerprint density at radius 3 is 2.63 bits per heavy atom. The van der Waals surface area contributed by atoms with Crippen LogP contribution in [0.2, 0.25) is 0 Å². The number of carbonyl (C=O) groups is 3. The highest BCUT2D eigenvalue weighted by Crippen LogP contribution is 2.11. The SMILES string of the molecule is CC(NC(=O)CNC(=O)c1cccc(Br)c1)C(=O)O. The Morgan fingerprint density at radius 1 is 1.37 bits per heavy atom. The summed E-state index contributed by atoms with van der Waals surface area (Å²) in [7, 11) is 0. The highest BCUT2D eigenvalue weighted by molar-refractivity contribution is 9.10. The van der Waals surface area contributed by atoms with Gasteiger partial charge in [-0.05, 0) is 25.1 Å². The molecule has 0 fully saturated rings. The van der Waals surface area contributed by atoms with E-state index < -0.39 is 23.8 Å². The number of carboxylic acids is 1. The van der Waals surface area contributed by atoms with Gasteiger partial charge in [0.15, 0.2) is 0 Å². The number of rotatable bonds is 5. The summed E-state index contributed by atoms with van der Waals surface area (Å²) in [4.78, 5) is 33.6. The fourth-order valence-electron chi connectivity index (χ4n) is 1.25. The van der Waals surface area contributed by atoms with Crippen molar-refractivity contribution in [2.24, 2.45) is 0 Å². The predicted molar refractivity (Wildman–Crippen MR) is 71.7 cm³/mol. The third kappa shape index (κ3) is 5.09. The molecule has 0 radical (unpaired) electrons. The van der Waals surface area contributed by atoms with Gasteiger partial charge in [-0.25, -0.2) is 0 Å². The molecule has 1 rings (SSSR count). The lowest BCUT2D eigenvalue weighted by molar-refractivity contribution is -0.141. The number of benzene rings is 1. The van der Waals surface area contributed by atoms with Crippen LogP contribution in [0.3, 0.4) is 0 Å². The molecule has 0 aliphatic carbocycles. The molecule has 0 aliphatic rings. The number of aliphatic carboxylic acids is 1. The zero-order valence-corrected chi connectivity index (χ0v) is 11.7. The van der Waals surface area contributed by atoms with Gasteiger partial charge >= 0.3 is 5.97 Å². The summed E-state index contributed by atoms with van der Waals surface area (Å²) < 4.78 is 0.754. The third-order valence-corrected chi connectivity index (χ3v) is 2.74. The maximum absolute atomic E-state index is 11.7. The third-order valence-electron chi connectivity index (χ3n) is 2.24. The molecule has 1 unspecified atom stereocenters. The summed E-state index contributed by atoms with van der Waals surface area (Å²) in [5.74, 6) is -2.09. The maximum Gasteiger partial charge on any atom is 0.325 e. The van der Waals surface area contributed by atoms with Gasteiger partial charge in [0.1, 0.15) is 6.04 Å². The Morgan fingerprint density at radius 2 is 2.05 bits per heavy atom. The summed E-state index contributed by atoms with van der Waals surface area (Å²) in [6, 6.07) is 5.71. The second-order valence-electron chi connectivity index (χ2n) is 3.82. The first-order valence-electron chi connectivity index (χ1n) is 5.46. The summed E-state index contributed by atoms with van der Waals surface area (Å²) >= 11 is 3.23. The average Bonchev–Trinajstić information content (AvgIpc) is 2.35. The normalized spacial score (nSPS) is 11.5. The van der Waals surface area contributed by atoms with E-state index >= 15 is 0 Å². The van der Waals surface area contributed by atoms with Crippen molar-refractivity contribution in [3.05, 3.63) is 34.3 Å². The van der Waals surface area contributed by atoms with Crippen LogP contribution >= 0.6 is 15.9 Å². The van der Waals surface area contributed by atoms with Crippen molar-refractivity contribution in [2.75, 3.05) is 6.54 Å². The van der Waals surface area contributed by atoms with Crippen molar-refractivity contribution < 1.29 is 19.5 Å². The largest absolute Gasteiger partial charge is 0.480 e. The van der Waals surface area contributed by atoms with E-state index in [0.717, 1.165) is 4.47 Å². The Bertz CT molecular complexity index is 504. The Balaban J connectivity index is 2.46. The number of hydrogen-bond donors (Lipinski definition) is 3. The minimum atomic E-state index is -1.13. The molecule has 0 heterocycles. The first-order valence-corrected chi connectivity index (χ1v) is 6.25. The van der Waals surface area contributed by atoms with Crippen LogP contribution in [0.15, 0.2) is 28.7 Å². The zero-order valence-electron chi connectivity index (χ0n) is 10.1. The van der Waals surface area contributed by atoms with Gasteiger partial charge in [0.2, 0.25) is 5.91 Å². The molecule has 0 aromatic heterocycles. The van der Waals surface area contributed by atoms with Crippen molar-refractivity contribution in [3.63, 3.8) is 0 Å². The van der Waals surface area contributed by atoms with Crippen molar-refractivity contribution in [1.29, 1.82) is 0 Å². The lowest BCUT2D eigenvalue weighted by atomic mass is 10.2. The van der Waals surface area contributed by atoms with Crippen LogP contribution in [0.25, 0.3) is 0 Å². The Hall–Kier alpha value is -1.89. The summed E-state index contributed by atoms with van der Waals surface area (Å²) in [5.41, 5.74) is 0.411. The number of carboxylic acid groups (broad SMARTS) is 1. The molecule has 0 spiro atoms. The number of amides is 2. The van der Waals surface area contributed by atoms with Crippen molar-refractivity contribution in [2.45, 2.75) is 13.0 Å². The number of halogens is 1. The predicted octanol–water partition coefficient (Wildman–Crippen LogP) is 0.768. The minimum absolute atomic E-state index is 0.275. The standard InChI is InChI=1S/C12H13BrN2O4/c1-7(12(18)19)15-10(16)6-14-11(17)8-3-2-4-9(13)5-8/h2-5,7H,6H2,1H3,(H,14,17)(H,15,16)(H,18,19). The minimum Gasteiger partial charge on any atom is -0.480 e. The van der Waals surface area contributed by atoms with Crippen LogP contribution in [-0.4, -0.2) is 35.5 Å².